The van der Waals surface area contributed by atoms with Crippen molar-refractivity contribution in [2.24, 2.45) is 0 Å². The second-order valence-corrected chi connectivity index (χ2v) is 9.79. The van der Waals surface area contributed by atoms with Crippen molar-refractivity contribution in [3.8, 4) is 28.5 Å². The van der Waals surface area contributed by atoms with E-state index in [0.717, 1.165) is 40.4 Å². The molecule has 1 aliphatic heterocycles. The van der Waals surface area contributed by atoms with Crippen LogP contribution < -0.4 is 9.64 Å². The Kier molecular flexibility index (Phi) is 6.51. The first-order chi connectivity index (χ1) is 19.3. The Labute approximate surface area is 226 Å². The lowest BCUT2D eigenvalue weighted by Crippen LogP contribution is -2.36. The number of benzene rings is 1. The molecule has 0 saturated heterocycles. The Bertz CT molecular complexity index is 1560. The molecule has 0 unspecified atom stereocenters. The van der Waals surface area contributed by atoms with Crippen LogP contribution in [0, 0.1) is 0 Å². The zero-order valence-corrected chi connectivity index (χ0v) is 21.5. The first-order valence-corrected chi connectivity index (χ1v) is 12.8. The molecule has 208 valence electrons. The summed E-state index contributed by atoms with van der Waals surface area (Å²) in [6.45, 7) is -0.408. The predicted molar refractivity (Wildman–Crippen MR) is 136 cm³/mol. The van der Waals surface area contributed by atoms with Crippen molar-refractivity contribution >= 4 is 11.7 Å². The van der Waals surface area contributed by atoms with Crippen molar-refractivity contribution < 1.29 is 27.1 Å². The molecule has 6 rings (SSSR count). The van der Waals surface area contributed by atoms with E-state index < -0.39 is 18.5 Å². The number of fused-ring (bicyclic) bond motifs is 1. The van der Waals surface area contributed by atoms with Gasteiger partial charge in [-0.15, -0.1) is 0 Å². The highest BCUT2D eigenvalue weighted by Gasteiger charge is 2.35. The lowest BCUT2D eigenvalue weighted by Gasteiger charge is -2.27. The van der Waals surface area contributed by atoms with Crippen molar-refractivity contribution in [1.29, 1.82) is 0 Å². The van der Waals surface area contributed by atoms with Crippen LogP contribution in [0.25, 0.3) is 22.6 Å². The number of hydrogen-bond donors (Lipinski definition) is 0. The molecule has 1 aliphatic carbocycles. The van der Waals surface area contributed by atoms with Gasteiger partial charge in [0.1, 0.15) is 30.3 Å². The van der Waals surface area contributed by atoms with Gasteiger partial charge in [-0.3, -0.25) is 9.69 Å². The van der Waals surface area contributed by atoms with Crippen molar-refractivity contribution in [3.05, 3.63) is 59.8 Å². The van der Waals surface area contributed by atoms with Crippen LogP contribution in [0.1, 0.15) is 42.1 Å². The molecule has 0 bridgehead atoms. The third-order valence-corrected chi connectivity index (χ3v) is 7.07. The fourth-order valence-electron chi connectivity index (χ4n) is 4.97. The number of methoxy groups -OCH3 is 1. The van der Waals surface area contributed by atoms with Crippen molar-refractivity contribution in [3.63, 3.8) is 0 Å². The van der Waals surface area contributed by atoms with Crippen LogP contribution in [0.3, 0.4) is 0 Å². The molecule has 0 atom stereocenters. The van der Waals surface area contributed by atoms with Crippen LogP contribution in [0.15, 0.2) is 42.9 Å². The number of amides is 1. The van der Waals surface area contributed by atoms with E-state index >= 15 is 0 Å². The van der Waals surface area contributed by atoms with E-state index in [0.29, 0.717) is 35.4 Å². The molecular formula is C27H25F4N7O2. The van der Waals surface area contributed by atoms with Gasteiger partial charge >= 0.3 is 6.18 Å². The maximum atomic E-state index is 13.2. The number of imidazole rings is 1. The first-order valence-electron chi connectivity index (χ1n) is 12.8. The molecule has 1 fully saturated rings. The molecule has 0 radical (unpaired) electrons. The van der Waals surface area contributed by atoms with E-state index in [1.165, 1.54) is 6.33 Å². The van der Waals surface area contributed by atoms with Gasteiger partial charge in [0.25, 0.3) is 0 Å². The molecule has 2 aliphatic rings. The number of aryl methyl sites for hydroxylation is 2. The lowest BCUT2D eigenvalue weighted by atomic mass is 10.1. The normalized spacial score (nSPS) is 15.4. The molecule has 0 N–H and O–H groups in total. The van der Waals surface area contributed by atoms with Gasteiger partial charge in [-0.25, -0.2) is 24.0 Å². The Hall–Kier alpha value is -4.29. The predicted octanol–water partition coefficient (Wildman–Crippen LogP) is 5.01. The first kappa shape index (κ1) is 26.0. The summed E-state index contributed by atoms with van der Waals surface area (Å²) in [6, 6.07) is 8.53. The molecule has 4 aromatic rings. The number of anilines is 1. The lowest BCUT2D eigenvalue weighted by molar-refractivity contribution is -0.140. The summed E-state index contributed by atoms with van der Waals surface area (Å²) in [5.74, 6) is 1.33. The number of nitrogens with zero attached hydrogens (tertiary/aromatic N) is 7. The summed E-state index contributed by atoms with van der Waals surface area (Å²) in [6.07, 6.45) is 0.00152. The summed E-state index contributed by atoms with van der Waals surface area (Å²) in [4.78, 5) is 27.1. The minimum Gasteiger partial charge on any atom is -0.480 e. The number of aromatic nitrogens is 6. The van der Waals surface area contributed by atoms with Gasteiger partial charge in [-0.1, -0.05) is 24.3 Å². The maximum Gasteiger partial charge on any atom is 0.434 e. The highest BCUT2D eigenvalue weighted by molar-refractivity contribution is 5.94. The molecule has 1 saturated carbocycles. The van der Waals surface area contributed by atoms with Crippen molar-refractivity contribution in [2.45, 2.75) is 51.0 Å². The van der Waals surface area contributed by atoms with Gasteiger partial charge in [0.15, 0.2) is 5.69 Å². The second-order valence-electron chi connectivity index (χ2n) is 9.79. The summed E-state index contributed by atoms with van der Waals surface area (Å²) >= 11 is 0. The van der Waals surface area contributed by atoms with Crippen LogP contribution in [-0.2, 0) is 30.6 Å². The number of halogens is 4. The minimum atomic E-state index is -4.64. The zero-order chi connectivity index (χ0) is 28.0. The Balaban J connectivity index is 1.29. The minimum absolute atomic E-state index is 0.0267. The summed E-state index contributed by atoms with van der Waals surface area (Å²) in [5, 5.41) is 4.76. The smallest absolute Gasteiger partial charge is 0.434 e. The van der Waals surface area contributed by atoms with Crippen LogP contribution >= 0.6 is 0 Å². The van der Waals surface area contributed by atoms with E-state index in [1.54, 1.807) is 41.0 Å². The molecule has 13 heteroatoms. The number of carbonyl (C=O) groups is 1. The van der Waals surface area contributed by atoms with E-state index in [2.05, 4.69) is 15.0 Å². The summed E-state index contributed by atoms with van der Waals surface area (Å²) in [5.41, 5.74) is 2.34. The van der Waals surface area contributed by atoms with E-state index in [-0.39, 0.29) is 31.2 Å². The Morgan fingerprint density at radius 3 is 2.58 bits per heavy atom. The van der Waals surface area contributed by atoms with Crippen LogP contribution in [-0.4, -0.2) is 49.0 Å². The molecule has 3 aromatic heterocycles. The fraction of sp³-hybridized carbons (Fsp3) is 0.370. The molecule has 0 spiro atoms. The summed E-state index contributed by atoms with van der Waals surface area (Å²) in [7, 11) is 1.55. The highest BCUT2D eigenvalue weighted by atomic mass is 19.4. The molecule has 9 nitrogen and oxygen atoms in total. The third kappa shape index (κ3) is 4.80. The zero-order valence-electron chi connectivity index (χ0n) is 21.5. The van der Waals surface area contributed by atoms with Gasteiger partial charge in [-0.05, 0) is 18.4 Å². The quantitative estimate of drug-likeness (QED) is 0.284. The molecule has 1 amide bonds. The average Bonchev–Trinajstić information content (AvgIpc) is 3.55. The number of carbonyl (C=O) groups excluding carboxylic acids is 1. The molecular weight excluding hydrogens is 530 g/mol. The topological polar surface area (TPSA) is 91.0 Å². The summed E-state index contributed by atoms with van der Waals surface area (Å²) < 4.78 is 61.1. The molecule has 40 heavy (non-hydrogen) atoms. The monoisotopic (exact) mass is 555 g/mol. The standard InChI is InChI=1S/C27H25F4N7O2/c1-40-26-23(24(17-6-7-17)32-15-33-26)19-12-21-37(22(39)8-10-38(21)35-19)13-16-2-4-18(5-3-16)25-34-20(27(29,30)31)14-36(25)11-9-28/h2-5,12,14-15,17H,6-11,13H2,1H3. The van der Waals surface area contributed by atoms with Crippen LogP contribution in [0.2, 0.25) is 0 Å². The fourth-order valence-corrected chi connectivity index (χ4v) is 4.97. The Morgan fingerprint density at radius 2 is 1.90 bits per heavy atom. The number of alkyl halides is 4. The van der Waals surface area contributed by atoms with Gasteiger partial charge in [0.2, 0.25) is 11.8 Å². The average molecular weight is 556 g/mol. The number of hydrogen-bond acceptors (Lipinski definition) is 6. The number of ether oxygens (including phenoxy) is 1. The van der Waals surface area contributed by atoms with Gasteiger partial charge in [0.05, 0.1) is 38.0 Å². The van der Waals surface area contributed by atoms with Crippen molar-refractivity contribution in [1.82, 2.24) is 29.3 Å². The second kappa shape index (κ2) is 10.0. The van der Waals surface area contributed by atoms with Crippen molar-refractivity contribution in [2.75, 3.05) is 18.7 Å². The molecule has 4 heterocycles. The van der Waals surface area contributed by atoms with Crippen LogP contribution in [0.5, 0.6) is 5.88 Å². The molecule has 1 aromatic carbocycles. The Morgan fingerprint density at radius 1 is 1.12 bits per heavy atom. The van der Waals surface area contributed by atoms with Gasteiger partial charge < -0.3 is 9.30 Å². The third-order valence-electron chi connectivity index (χ3n) is 7.07. The van der Waals surface area contributed by atoms with E-state index in [1.807, 2.05) is 6.07 Å². The maximum absolute atomic E-state index is 13.2. The SMILES string of the molecule is COc1ncnc(C2CC2)c1-c1cc2n(n1)CCC(=O)N2Cc1ccc(-c2nc(C(F)(F)F)cn2CCF)cc1. The number of rotatable bonds is 8. The largest absolute Gasteiger partial charge is 0.480 e. The van der Waals surface area contributed by atoms with Crippen LogP contribution in [0.4, 0.5) is 23.4 Å². The van der Waals surface area contributed by atoms with Gasteiger partial charge in [-0.2, -0.15) is 18.3 Å². The van der Waals surface area contributed by atoms with E-state index in [4.69, 9.17) is 9.84 Å². The van der Waals surface area contributed by atoms with Gasteiger partial charge in [0, 0.05) is 30.2 Å². The van der Waals surface area contributed by atoms with E-state index in [9.17, 15) is 22.4 Å². The highest BCUT2D eigenvalue weighted by Crippen LogP contribution is 2.46.